The molecule has 0 N–H and O–H groups in total. The van der Waals surface area contributed by atoms with Crippen molar-refractivity contribution < 1.29 is 9.53 Å². The fourth-order valence-corrected chi connectivity index (χ4v) is 4.23. The van der Waals surface area contributed by atoms with E-state index in [9.17, 15) is 4.79 Å². The molecule has 1 atom stereocenters. The summed E-state index contributed by atoms with van der Waals surface area (Å²) in [5.41, 5.74) is 4.07. The first kappa shape index (κ1) is 20.3. The molecule has 2 aromatic carbocycles. The number of para-hydroxylation sites is 1. The number of hydrogen-bond acceptors (Lipinski definition) is 6. The van der Waals surface area contributed by atoms with E-state index in [4.69, 9.17) is 4.74 Å². The third-order valence-corrected chi connectivity index (χ3v) is 5.87. The number of benzene rings is 2. The fourth-order valence-electron chi connectivity index (χ4n) is 3.37. The van der Waals surface area contributed by atoms with E-state index in [1.54, 1.807) is 23.6 Å². The molecule has 1 aliphatic heterocycles. The van der Waals surface area contributed by atoms with Crippen LogP contribution in [0.5, 0.6) is 5.88 Å². The monoisotopic (exact) mass is 420 g/mol. The molecular formula is C23H24N4O2S. The Morgan fingerprint density at radius 1 is 1.13 bits per heavy atom. The highest BCUT2D eigenvalue weighted by atomic mass is 32.2. The molecule has 1 amide bonds. The quantitative estimate of drug-likeness (QED) is 0.418. The Morgan fingerprint density at radius 2 is 1.90 bits per heavy atom. The van der Waals surface area contributed by atoms with E-state index in [1.165, 1.54) is 0 Å². The lowest BCUT2D eigenvalue weighted by Crippen LogP contribution is -2.36. The van der Waals surface area contributed by atoms with Crippen molar-refractivity contribution in [3.8, 4) is 17.1 Å². The van der Waals surface area contributed by atoms with Crippen LogP contribution in [0.15, 0.2) is 53.7 Å². The maximum absolute atomic E-state index is 12.7. The molecule has 0 aliphatic carbocycles. The molecule has 0 saturated heterocycles. The standard InChI is InChI=1S/C23H24N4O2S/c1-4-5-14-30-23-24-21-20(25-26-23)18-8-6-7-9-19(18)27(16(3)28)22(29-21)17-12-10-15(2)11-13-17/h6-13,22H,4-5,14H2,1-3H3. The second-order valence-electron chi connectivity index (χ2n) is 7.24. The lowest BCUT2D eigenvalue weighted by atomic mass is 10.1. The van der Waals surface area contributed by atoms with Crippen molar-refractivity contribution >= 4 is 23.4 Å². The number of fused-ring (bicyclic) bond motifs is 3. The van der Waals surface area contributed by atoms with E-state index in [0.717, 1.165) is 41.0 Å². The van der Waals surface area contributed by atoms with Gasteiger partial charge in [-0.25, -0.2) is 0 Å². The summed E-state index contributed by atoms with van der Waals surface area (Å²) in [6.07, 6.45) is 1.55. The predicted octanol–water partition coefficient (Wildman–Crippen LogP) is 5.18. The van der Waals surface area contributed by atoms with Crippen LogP contribution in [0.25, 0.3) is 11.3 Å². The summed E-state index contributed by atoms with van der Waals surface area (Å²) < 4.78 is 6.36. The number of ether oxygens (including phenoxy) is 1. The van der Waals surface area contributed by atoms with Gasteiger partial charge in [0.15, 0.2) is 5.69 Å². The van der Waals surface area contributed by atoms with Crippen molar-refractivity contribution in [1.29, 1.82) is 0 Å². The van der Waals surface area contributed by atoms with E-state index < -0.39 is 6.23 Å². The maximum atomic E-state index is 12.7. The molecule has 0 fully saturated rings. The first-order chi connectivity index (χ1) is 14.6. The molecule has 0 bridgehead atoms. The molecule has 30 heavy (non-hydrogen) atoms. The van der Waals surface area contributed by atoms with Crippen molar-refractivity contribution in [3.63, 3.8) is 0 Å². The summed E-state index contributed by atoms with van der Waals surface area (Å²) in [7, 11) is 0. The van der Waals surface area contributed by atoms with Gasteiger partial charge in [-0.3, -0.25) is 9.69 Å². The van der Waals surface area contributed by atoms with Crippen LogP contribution in [0.4, 0.5) is 5.69 Å². The average molecular weight is 421 g/mol. The Bertz CT molecular complexity index is 1060. The molecule has 0 spiro atoms. The highest BCUT2D eigenvalue weighted by Gasteiger charge is 2.34. The first-order valence-corrected chi connectivity index (χ1v) is 11.1. The van der Waals surface area contributed by atoms with Gasteiger partial charge in [0.1, 0.15) is 0 Å². The van der Waals surface area contributed by atoms with Gasteiger partial charge < -0.3 is 4.74 Å². The van der Waals surface area contributed by atoms with Crippen molar-refractivity contribution in [2.45, 2.75) is 45.0 Å². The molecule has 0 saturated carbocycles. The van der Waals surface area contributed by atoms with Gasteiger partial charge in [-0.1, -0.05) is 73.1 Å². The number of amides is 1. The molecule has 154 valence electrons. The molecule has 0 radical (unpaired) electrons. The smallest absolute Gasteiger partial charge is 0.247 e. The minimum Gasteiger partial charge on any atom is -0.447 e. The van der Waals surface area contributed by atoms with Crippen molar-refractivity contribution in [2.75, 3.05) is 10.7 Å². The Hall–Kier alpha value is -2.93. The summed E-state index contributed by atoms with van der Waals surface area (Å²) in [5, 5.41) is 9.32. The number of aromatic nitrogens is 3. The van der Waals surface area contributed by atoms with Crippen LogP contribution in [-0.2, 0) is 4.79 Å². The molecule has 1 aromatic heterocycles. The molecule has 6 nitrogen and oxygen atoms in total. The minimum absolute atomic E-state index is 0.119. The summed E-state index contributed by atoms with van der Waals surface area (Å²) in [4.78, 5) is 19.1. The van der Waals surface area contributed by atoms with Crippen LogP contribution in [0.2, 0.25) is 0 Å². The molecule has 4 rings (SSSR count). The normalized spacial score (nSPS) is 15.0. The van der Waals surface area contributed by atoms with E-state index >= 15 is 0 Å². The molecule has 2 heterocycles. The number of carbonyl (C=O) groups is 1. The zero-order valence-electron chi connectivity index (χ0n) is 17.3. The number of hydrogen-bond donors (Lipinski definition) is 0. The van der Waals surface area contributed by atoms with Gasteiger partial charge >= 0.3 is 0 Å². The van der Waals surface area contributed by atoms with Crippen LogP contribution >= 0.6 is 11.8 Å². The van der Waals surface area contributed by atoms with Crippen LogP contribution in [-0.4, -0.2) is 26.8 Å². The van der Waals surface area contributed by atoms with Crippen molar-refractivity contribution in [2.24, 2.45) is 0 Å². The number of aryl methyl sites for hydroxylation is 1. The van der Waals surface area contributed by atoms with Gasteiger partial charge in [-0.15, -0.1) is 10.2 Å². The lowest BCUT2D eigenvalue weighted by molar-refractivity contribution is -0.118. The third-order valence-electron chi connectivity index (χ3n) is 4.94. The number of rotatable bonds is 5. The van der Waals surface area contributed by atoms with E-state index in [1.807, 2.05) is 55.5 Å². The second-order valence-corrected chi connectivity index (χ2v) is 8.30. The number of unbranched alkanes of at least 4 members (excludes halogenated alkanes) is 1. The fraction of sp³-hybridized carbons (Fsp3) is 0.304. The predicted molar refractivity (Wildman–Crippen MR) is 119 cm³/mol. The summed E-state index contributed by atoms with van der Waals surface area (Å²) in [5.74, 6) is 1.20. The van der Waals surface area contributed by atoms with Gasteiger partial charge in [-0.05, 0) is 19.4 Å². The topological polar surface area (TPSA) is 68.2 Å². The van der Waals surface area contributed by atoms with Crippen molar-refractivity contribution in [1.82, 2.24) is 15.2 Å². The summed E-state index contributed by atoms with van der Waals surface area (Å²) >= 11 is 1.57. The minimum atomic E-state index is -0.643. The van der Waals surface area contributed by atoms with E-state index in [-0.39, 0.29) is 5.91 Å². The molecule has 3 aromatic rings. The van der Waals surface area contributed by atoms with E-state index in [0.29, 0.717) is 16.7 Å². The highest BCUT2D eigenvalue weighted by molar-refractivity contribution is 7.99. The van der Waals surface area contributed by atoms with E-state index in [2.05, 4.69) is 22.1 Å². The average Bonchev–Trinajstić information content (AvgIpc) is 2.89. The highest BCUT2D eigenvalue weighted by Crippen LogP contribution is 2.43. The molecule has 1 unspecified atom stereocenters. The number of thioether (sulfide) groups is 1. The van der Waals surface area contributed by atoms with Crippen LogP contribution < -0.4 is 9.64 Å². The van der Waals surface area contributed by atoms with Crippen LogP contribution in [0.1, 0.15) is 44.0 Å². The Morgan fingerprint density at radius 3 is 2.63 bits per heavy atom. The zero-order chi connectivity index (χ0) is 21.1. The van der Waals surface area contributed by atoms with Crippen molar-refractivity contribution in [3.05, 3.63) is 59.7 Å². The van der Waals surface area contributed by atoms with Crippen LogP contribution in [0.3, 0.4) is 0 Å². The summed E-state index contributed by atoms with van der Waals surface area (Å²) in [6, 6.07) is 15.6. The summed E-state index contributed by atoms with van der Waals surface area (Å²) in [6.45, 7) is 5.73. The molecule has 1 aliphatic rings. The van der Waals surface area contributed by atoms with Gasteiger partial charge in [0.05, 0.1) is 5.69 Å². The Balaban J connectivity index is 1.84. The molecular weight excluding hydrogens is 396 g/mol. The number of carbonyl (C=O) groups excluding carboxylic acids is 1. The third kappa shape index (κ3) is 4.03. The zero-order valence-corrected chi connectivity index (χ0v) is 18.1. The van der Waals surface area contributed by atoms with Gasteiger partial charge in [0.2, 0.25) is 23.2 Å². The van der Waals surface area contributed by atoms with Crippen LogP contribution in [0, 0.1) is 6.92 Å². The van der Waals surface area contributed by atoms with Gasteiger partial charge in [0, 0.05) is 23.8 Å². The van der Waals surface area contributed by atoms with Gasteiger partial charge in [-0.2, -0.15) is 4.98 Å². The number of nitrogens with zero attached hydrogens (tertiary/aromatic N) is 4. The Kier molecular flexibility index (Phi) is 5.99. The van der Waals surface area contributed by atoms with Gasteiger partial charge in [0.25, 0.3) is 0 Å². The first-order valence-electron chi connectivity index (χ1n) is 10.1. The Labute approximate surface area is 180 Å². The maximum Gasteiger partial charge on any atom is 0.247 e. The number of anilines is 1. The second kappa shape index (κ2) is 8.83. The largest absolute Gasteiger partial charge is 0.447 e. The lowest BCUT2D eigenvalue weighted by Gasteiger charge is -2.29. The SMILES string of the molecule is CCCCSc1nnc2c(n1)OC(c1ccc(C)cc1)N(C(C)=O)c1ccccc1-2. The molecule has 7 heteroatoms.